The van der Waals surface area contributed by atoms with Gasteiger partial charge in [0.15, 0.2) is 0 Å². The summed E-state index contributed by atoms with van der Waals surface area (Å²) < 4.78 is 28.1. The monoisotopic (exact) mass is 261 g/mol. The van der Waals surface area contributed by atoms with Crippen LogP contribution in [0, 0.1) is 5.92 Å². The van der Waals surface area contributed by atoms with Crippen LogP contribution in [-0.2, 0) is 10.2 Å². The lowest BCUT2D eigenvalue weighted by molar-refractivity contribution is 0.261. The lowest BCUT2D eigenvalue weighted by atomic mass is 10.0. The molecule has 2 aliphatic rings. The van der Waals surface area contributed by atoms with Crippen LogP contribution >= 0.6 is 0 Å². The first kappa shape index (κ1) is 13.3. The predicted molar refractivity (Wildman–Crippen MR) is 67.7 cm³/mol. The van der Waals surface area contributed by atoms with Gasteiger partial charge in [0.25, 0.3) is 10.2 Å². The number of piperidine rings is 1. The van der Waals surface area contributed by atoms with Gasteiger partial charge in [-0.05, 0) is 32.1 Å². The Labute approximate surface area is 104 Å². The molecule has 2 fully saturated rings. The molecule has 0 aromatic heterocycles. The molecule has 6 heteroatoms. The van der Waals surface area contributed by atoms with E-state index in [-0.39, 0.29) is 12.1 Å². The van der Waals surface area contributed by atoms with Crippen molar-refractivity contribution < 1.29 is 8.42 Å². The Morgan fingerprint density at radius 1 is 1.06 bits per heavy atom. The molecule has 0 bridgehead atoms. The maximum absolute atomic E-state index is 12.4. The molecule has 0 saturated carbocycles. The third kappa shape index (κ3) is 2.50. The summed E-state index contributed by atoms with van der Waals surface area (Å²) in [7, 11) is -3.28. The second-order valence-electron chi connectivity index (χ2n) is 5.39. The second-order valence-corrected chi connectivity index (χ2v) is 7.27. The van der Waals surface area contributed by atoms with E-state index in [4.69, 9.17) is 5.73 Å². The van der Waals surface area contributed by atoms with Crippen molar-refractivity contribution in [1.29, 1.82) is 0 Å². The smallest absolute Gasteiger partial charge is 0.282 e. The zero-order valence-electron chi connectivity index (χ0n) is 10.7. The molecule has 0 amide bonds. The minimum Gasteiger partial charge on any atom is -0.326 e. The Hall–Kier alpha value is -0.170. The molecule has 2 saturated heterocycles. The molecular weight excluding hydrogens is 238 g/mol. The van der Waals surface area contributed by atoms with Crippen LogP contribution in [0.4, 0.5) is 0 Å². The maximum Gasteiger partial charge on any atom is 0.282 e. The van der Waals surface area contributed by atoms with E-state index in [2.05, 4.69) is 6.92 Å². The van der Waals surface area contributed by atoms with Crippen molar-refractivity contribution in [3.63, 3.8) is 0 Å². The fourth-order valence-electron chi connectivity index (χ4n) is 2.62. The summed E-state index contributed by atoms with van der Waals surface area (Å²) in [5, 5.41) is 0. The fraction of sp³-hybridized carbons (Fsp3) is 1.00. The summed E-state index contributed by atoms with van der Waals surface area (Å²) in [5.41, 5.74) is 5.89. The maximum atomic E-state index is 12.4. The average Bonchev–Trinajstić information content (AvgIpc) is 2.61. The fourth-order valence-corrected chi connectivity index (χ4v) is 4.51. The molecule has 0 aromatic carbocycles. The van der Waals surface area contributed by atoms with Gasteiger partial charge in [0, 0.05) is 31.7 Å². The van der Waals surface area contributed by atoms with Gasteiger partial charge < -0.3 is 5.73 Å². The number of nitrogens with two attached hydrogens (primary N) is 1. The van der Waals surface area contributed by atoms with Gasteiger partial charge in [0.05, 0.1) is 0 Å². The van der Waals surface area contributed by atoms with Crippen molar-refractivity contribution in [1.82, 2.24) is 8.61 Å². The number of hydrogen-bond acceptors (Lipinski definition) is 3. The van der Waals surface area contributed by atoms with Gasteiger partial charge >= 0.3 is 0 Å². The predicted octanol–water partition coefficient (Wildman–Crippen LogP) is 0.385. The number of hydrogen-bond donors (Lipinski definition) is 1. The molecule has 2 N–H and O–H groups in total. The molecular formula is C11H23N3O2S. The Morgan fingerprint density at radius 3 is 2.12 bits per heavy atom. The molecule has 2 atom stereocenters. The molecule has 2 heterocycles. The minimum absolute atomic E-state index is 0.0199. The third-order valence-corrected chi connectivity index (χ3v) is 6.25. The van der Waals surface area contributed by atoms with Crippen LogP contribution < -0.4 is 5.73 Å². The molecule has 2 aliphatic heterocycles. The summed E-state index contributed by atoms with van der Waals surface area (Å²) in [5.74, 6) is 0.639. The van der Waals surface area contributed by atoms with Crippen molar-refractivity contribution in [3.8, 4) is 0 Å². The van der Waals surface area contributed by atoms with Crippen LogP contribution in [0.2, 0.25) is 0 Å². The highest BCUT2D eigenvalue weighted by molar-refractivity contribution is 7.86. The molecule has 0 radical (unpaired) electrons. The topological polar surface area (TPSA) is 66.6 Å². The van der Waals surface area contributed by atoms with Crippen LogP contribution in [0.3, 0.4) is 0 Å². The molecule has 2 unspecified atom stereocenters. The van der Waals surface area contributed by atoms with Crippen LogP contribution in [0.25, 0.3) is 0 Å². The summed E-state index contributed by atoms with van der Waals surface area (Å²) in [6.45, 7) is 5.96. The first-order valence-electron chi connectivity index (χ1n) is 6.45. The van der Waals surface area contributed by atoms with Gasteiger partial charge in [-0.2, -0.15) is 17.0 Å². The van der Waals surface area contributed by atoms with Gasteiger partial charge in [0.2, 0.25) is 0 Å². The lowest BCUT2D eigenvalue weighted by Crippen LogP contribution is -2.49. The molecule has 17 heavy (non-hydrogen) atoms. The van der Waals surface area contributed by atoms with Gasteiger partial charge in [-0.25, -0.2) is 0 Å². The average molecular weight is 261 g/mol. The molecule has 5 nitrogen and oxygen atoms in total. The van der Waals surface area contributed by atoms with Crippen LogP contribution in [-0.4, -0.2) is 48.7 Å². The Morgan fingerprint density at radius 2 is 1.65 bits per heavy atom. The Balaban J connectivity index is 2.09. The van der Waals surface area contributed by atoms with Crippen LogP contribution in [0.5, 0.6) is 0 Å². The van der Waals surface area contributed by atoms with Crippen molar-refractivity contribution in [2.45, 2.75) is 45.2 Å². The van der Waals surface area contributed by atoms with E-state index in [1.54, 1.807) is 8.61 Å². The largest absolute Gasteiger partial charge is 0.326 e. The van der Waals surface area contributed by atoms with E-state index in [0.29, 0.717) is 25.6 Å². The van der Waals surface area contributed by atoms with Crippen LogP contribution in [0.1, 0.15) is 33.1 Å². The summed E-state index contributed by atoms with van der Waals surface area (Å²) in [6.07, 6.45) is 2.70. The molecule has 2 rings (SSSR count). The molecule has 0 spiro atoms. The number of rotatable bonds is 2. The minimum atomic E-state index is -3.28. The zero-order chi connectivity index (χ0) is 12.6. The van der Waals surface area contributed by atoms with Crippen molar-refractivity contribution >= 4 is 10.2 Å². The van der Waals surface area contributed by atoms with Crippen molar-refractivity contribution in [3.05, 3.63) is 0 Å². The van der Waals surface area contributed by atoms with Gasteiger partial charge in [-0.15, -0.1) is 0 Å². The van der Waals surface area contributed by atoms with E-state index in [9.17, 15) is 8.42 Å². The highest BCUT2D eigenvalue weighted by atomic mass is 32.2. The Bertz CT molecular complexity index is 363. The summed E-state index contributed by atoms with van der Waals surface area (Å²) in [4.78, 5) is 0. The van der Waals surface area contributed by atoms with E-state index in [0.717, 1.165) is 19.3 Å². The lowest BCUT2D eigenvalue weighted by Gasteiger charge is -2.34. The standard InChI is InChI=1S/C11H23N3O2S/c1-9-3-6-13(7-4-9)17(15,16)14-8-5-11(12)10(14)2/h9-11H,3-8,12H2,1-2H3. The first-order valence-corrected chi connectivity index (χ1v) is 7.85. The third-order valence-electron chi connectivity index (χ3n) is 4.12. The molecule has 0 aliphatic carbocycles. The molecule has 100 valence electrons. The van der Waals surface area contributed by atoms with E-state index in [1.807, 2.05) is 6.92 Å². The van der Waals surface area contributed by atoms with Gasteiger partial charge in [0.1, 0.15) is 0 Å². The summed E-state index contributed by atoms with van der Waals surface area (Å²) in [6, 6.07) is -0.0900. The molecule has 0 aromatic rings. The van der Waals surface area contributed by atoms with E-state index in [1.165, 1.54) is 0 Å². The highest BCUT2D eigenvalue weighted by Gasteiger charge is 2.40. The summed E-state index contributed by atoms with van der Waals surface area (Å²) >= 11 is 0. The quantitative estimate of drug-likeness (QED) is 0.781. The zero-order valence-corrected chi connectivity index (χ0v) is 11.5. The van der Waals surface area contributed by atoms with E-state index < -0.39 is 10.2 Å². The first-order chi connectivity index (χ1) is 7.93. The van der Waals surface area contributed by atoms with Gasteiger partial charge in [-0.1, -0.05) is 6.92 Å². The van der Waals surface area contributed by atoms with E-state index >= 15 is 0 Å². The van der Waals surface area contributed by atoms with Gasteiger partial charge in [-0.3, -0.25) is 0 Å². The second kappa shape index (κ2) is 4.84. The number of nitrogens with zero attached hydrogens (tertiary/aromatic N) is 2. The normalized spacial score (nSPS) is 34.3. The van der Waals surface area contributed by atoms with Crippen molar-refractivity contribution in [2.24, 2.45) is 11.7 Å². The SMILES string of the molecule is CC1CCN(S(=O)(=O)N2CCC(N)C2C)CC1. The van der Waals surface area contributed by atoms with Crippen LogP contribution in [0.15, 0.2) is 0 Å². The van der Waals surface area contributed by atoms with Crippen molar-refractivity contribution in [2.75, 3.05) is 19.6 Å². The highest BCUT2D eigenvalue weighted by Crippen LogP contribution is 2.26. The Kier molecular flexibility index (Phi) is 3.77.